The third-order valence-corrected chi connectivity index (χ3v) is 14.9. The van der Waals surface area contributed by atoms with Crippen molar-refractivity contribution in [3.8, 4) is 34.0 Å². The molecule has 0 bridgehead atoms. The number of ether oxygens (including phenoxy) is 1. The highest BCUT2D eigenvalue weighted by molar-refractivity contribution is 7.29. The van der Waals surface area contributed by atoms with Crippen LogP contribution in [0.3, 0.4) is 0 Å². The third-order valence-electron chi connectivity index (χ3n) is 13.8. The molecule has 0 spiro atoms. The first-order chi connectivity index (χ1) is 28.2. The summed E-state index contributed by atoms with van der Waals surface area (Å²) in [6, 6.07) is 49.3. The fraction of sp³-hybridized carbons (Fsp3) is 0.154. The van der Waals surface area contributed by atoms with Gasteiger partial charge in [0.05, 0.1) is 44.8 Å². The Kier molecular flexibility index (Phi) is 6.36. The lowest BCUT2D eigenvalue weighted by Gasteiger charge is -2.42. The summed E-state index contributed by atoms with van der Waals surface area (Å²) in [4.78, 5) is 0. The molecule has 0 saturated heterocycles. The van der Waals surface area contributed by atoms with Crippen LogP contribution < -0.4 is 20.3 Å². The Morgan fingerprint density at radius 2 is 1.22 bits per heavy atom. The maximum absolute atomic E-state index is 6.61. The van der Waals surface area contributed by atoms with Gasteiger partial charge in [0.15, 0.2) is 11.5 Å². The fourth-order valence-corrected chi connectivity index (χ4v) is 12.0. The van der Waals surface area contributed by atoms with E-state index in [1.165, 1.54) is 105 Å². The Bertz CT molecular complexity index is 3400. The van der Waals surface area contributed by atoms with Gasteiger partial charge >= 0.3 is 0 Å². The van der Waals surface area contributed by atoms with Crippen LogP contribution in [0, 0.1) is 0 Å². The molecule has 0 amide bonds. The number of anilines is 2. The predicted molar refractivity (Wildman–Crippen MR) is 247 cm³/mol. The first kappa shape index (κ1) is 32.8. The SMILES string of the molecule is CC1(C)CCC(C)(C)c2cc3c4c(sc3cc21)Bc1c(-c2cccc3c2Nc2ccccc2O3)cc(-n2c3ccccc3c3ccccc32)c2c3ccccc3n-4c12. The van der Waals surface area contributed by atoms with E-state index in [0.717, 1.165) is 35.7 Å². The van der Waals surface area contributed by atoms with Crippen molar-refractivity contribution in [2.45, 2.75) is 51.4 Å². The minimum atomic E-state index is 0.117. The second-order valence-electron chi connectivity index (χ2n) is 18.0. The molecular weight excluding hydrogens is 725 g/mol. The Balaban J connectivity index is 1.20. The molecule has 10 aromatic rings. The van der Waals surface area contributed by atoms with Crippen LogP contribution >= 0.6 is 11.3 Å². The number of aromatic nitrogens is 2. The number of benzene rings is 7. The summed E-state index contributed by atoms with van der Waals surface area (Å²) in [7, 11) is 0.850. The maximum Gasteiger partial charge on any atom is 0.211 e. The molecule has 3 aromatic heterocycles. The molecule has 0 atom stereocenters. The zero-order chi connectivity index (χ0) is 38.7. The molecule has 1 N–H and O–H groups in total. The molecule has 6 heteroatoms. The molecule has 2 aliphatic heterocycles. The van der Waals surface area contributed by atoms with E-state index < -0.39 is 0 Å². The van der Waals surface area contributed by atoms with Crippen molar-refractivity contribution in [2.24, 2.45) is 0 Å². The zero-order valence-electron chi connectivity index (χ0n) is 33.0. The summed E-state index contributed by atoms with van der Waals surface area (Å²) < 4.78 is 14.6. The molecule has 3 aliphatic rings. The van der Waals surface area contributed by atoms with Crippen molar-refractivity contribution < 1.29 is 4.74 Å². The van der Waals surface area contributed by atoms with Crippen LogP contribution in [-0.2, 0) is 10.8 Å². The normalized spacial score (nSPS) is 15.8. The average molecular weight is 766 g/mol. The van der Waals surface area contributed by atoms with Crippen molar-refractivity contribution in [2.75, 3.05) is 5.32 Å². The summed E-state index contributed by atoms with van der Waals surface area (Å²) in [6.45, 7) is 9.79. The van der Waals surface area contributed by atoms with Gasteiger partial charge in [-0.15, -0.1) is 11.3 Å². The number of hydrogen-bond acceptors (Lipinski definition) is 3. The van der Waals surface area contributed by atoms with Crippen LogP contribution in [0.5, 0.6) is 11.5 Å². The Morgan fingerprint density at radius 3 is 1.97 bits per heavy atom. The van der Waals surface area contributed by atoms with Crippen LogP contribution in [0.1, 0.15) is 51.7 Å². The molecule has 278 valence electrons. The van der Waals surface area contributed by atoms with E-state index in [2.05, 4.69) is 163 Å². The van der Waals surface area contributed by atoms with E-state index in [9.17, 15) is 0 Å². The number of nitrogens with zero attached hydrogens (tertiary/aromatic N) is 2. The first-order valence-corrected chi connectivity index (χ1v) is 21.4. The number of hydrogen-bond donors (Lipinski definition) is 1. The number of thiophene rings is 1. The van der Waals surface area contributed by atoms with Gasteiger partial charge < -0.3 is 19.2 Å². The van der Waals surface area contributed by atoms with E-state index >= 15 is 0 Å². The van der Waals surface area contributed by atoms with Crippen LogP contribution in [0.4, 0.5) is 11.4 Å². The molecule has 4 nitrogen and oxygen atoms in total. The maximum atomic E-state index is 6.61. The first-order valence-electron chi connectivity index (χ1n) is 20.6. The van der Waals surface area contributed by atoms with Crippen LogP contribution in [0.2, 0.25) is 0 Å². The molecule has 0 saturated carbocycles. The monoisotopic (exact) mass is 765 g/mol. The summed E-state index contributed by atoms with van der Waals surface area (Å²) in [5.74, 6) is 1.69. The smallest absolute Gasteiger partial charge is 0.211 e. The van der Waals surface area contributed by atoms with E-state index in [1.807, 2.05) is 23.5 Å². The third kappa shape index (κ3) is 4.26. The molecule has 7 aromatic carbocycles. The molecular formula is C52H40BN3OS. The standard InChI is InChI=1S/C52H40BN3OS/c1-51(2)24-25-52(3,4)36-28-44-34(26-35(36)51)48-50(58-44)53-46-33(31-17-13-23-43-47(31)54-37-18-8-12-22-42(37)57-43)27-41(45-32-16-7-11-21-40(32)56(48)49(45)46)55-38-19-9-5-14-29(38)30-15-6-10-20-39(30)55/h5-23,26-28,53-54H,24-25H2,1-4H3. The lowest BCUT2D eigenvalue weighted by Crippen LogP contribution is -2.35. The topological polar surface area (TPSA) is 31.1 Å². The molecule has 0 unspecified atom stereocenters. The minimum absolute atomic E-state index is 0.117. The molecule has 13 rings (SSSR count). The van der Waals surface area contributed by atoms with Crippen molar-refractivity contribution in [1.82, 2.24) is 9.13 Å². The average Bonchev–Trinajstić information content (AvgIpc) is 3.90. The van der Waals surface area contributed by atoms with Crippen molar-refractivity contribution in [3.05, 3.63) is 145 Å². The number of rotatable bonds is 2. The quantitative estimate of drug-likeness (QED) is 0.178. The Hall–Kier alpha value is -6.24. The lowest BCUT2D eigenvalue weighted by atomic mass is 9.62. The van der Waals surface area contributed by atoms with Gasteiger partial charge in [-0.05, 0) is 105 Å². The highest BCUT2D eigenvalue weighted by Gasteiger charge is 2.39. The van der Waals surface area contributed by atoms with Gasteiger partial charge in [-0.2, -0.15) is 0 Å². The van der Waals surface area contributed by atoms with Gasteiger partial charge in [0.2, 0.25) is 7.28 Å². The van der Waals surface area contributed by atoms with E-state index in [-0.39, 0.29) is 10.8 Å². The number of fused-ring (bicyclic) bond motifs is 13. The van der Waals surface area contributed by atoms with E-state index in [1.54, 1.807) is 0 Å². The van der Waals surface area contributed by atoms with Crippen LogP contribution in [0.15, 0.2) is 133 Å². The minimum Gasteiger partial charge on any atom is -0.453 e. The highest BCUT2D eigenvalue weighted by atomic mass is 32.1. The van der Waals surface area contributed by atoms with Gasteiger partial charge in [-0.25, -0.2) is 0 Å². The van der Waals surface area contributed by atoms with Crippen molar-refractivity contribution in [3.63, 3.8) is 0 Å². The predicted octanol–water partition coefficient (Wildman–Crippen LogP) is 12.7. The fourth-order valence-electron chi connectivity index (χ4n) is 10.8. The van der Waals surface area contributed by atoms with Gasteiger partial charge in [-0.1, -0.05) is 107 Å². The lowest BCUT2D eigenvalue weighted by molar-refractivity contribution is 0.332. The summed E-state index contributed by atoms with van der Waals surface area (Å²) in [5, 5.41) is 10.3. The second-order valence-corrected chi connectivity index (χ2v) is 19.1. The highest BCUT2D eigenvalue weighted by Crippen LogP contribution is 2.51. The van der Waals surface area contributed by atoms with E-state index in [4.69, 9.17) is 4.74 Å². The van der Waals surface area contributed by atoms with Gasteiger partial charge in [0, 0.05) is 37.2 Å². The van der Waals surface area contributed by atoms with E-state index in [0.29, 0.717) is 0 Å². The molecule has 0 radical (unpaired) electrons. The largest absolute Gasteiger partial charge is 0.453 e. The van der Waals surface area contributed by atoms with Crippen molar-refractivity contribution >= 4 is 93.9 Å². The van der Waals surface area contributed by atoms with Crippen LogP contribution in [0.25, 0.3) is 76.2 Å². The number of nitrogens with one attached hydrogen (secondary N) is 1. The molecule has 0 fully saturated rings. The Morgan fingerprint density at radius 1 is 0.603 bits per heavy atom. The number of para-hydroxylation sites is 6. The van der Waals surface area contributed by atoms with Gasteiger partial charge in [0.1, 0.15) is 0 Å². The summed E-state index contributed by atoms with van der Waals surface area (Å²) >= 11 is 2.00. The molecule has 5 heterocycles. The zero-order valence-corrected chi connectivity index (χ0v) is 33.9. The molecule has 1 aliphatic carbocycles. The Labute approximate surface area is 341 Å². The van der Waals surface area contributed by atoms with Crippen molar-refractivity contribution in [1.29, 1.82) is 0 Å². The van der Waals surface area contributed by atoms with Gasteiger partial charge in [-0.3, -0.25) is 0 Å². The van der Waals surface area contributed by atoms with Crippen LogP contribution in [-0.4, -0.2) is 16.4 Å². The molecule has 58 heavy (non-hydrogen) atoms. The summed E-state index contributed by atoms with van der Waals surface area (Å²) in [6.07, 6.45) is 2.40. The second kappa shape index (κ2) is 11.2. The summed E-state index contributed by atoms with van der Waals surface area (Å²) in [5.41, 5.74) is 16.5. The van der Waals surface area contributed by atoms with Gasteiger partial charge in [0.25, 0.3) is 0 Å².